The van der Waals surface area contributed by atoms with Gasteiger partial charge in [0.2, 0.25) is 11.7 Å². The van der Waals surface area contributed by atoms with Crippen molar-refractivity contribution in [2.75, 3.05) is 26.8 Å². The fourth-order valence-corrected chi connectivity index (χ4v) is 1.33. The number of aromatic carboxylic acids is 1. The summed E-state index contributed by atoms with van der Waals surface area (Å²) in [4.78, 5) is 33.5. The first-order valence-electron chi connectivity index (χ1n) is 5.91. The second-order valence-electron chi connectivity index (χ2n) is 3.82. The first kappa shape index (κ1) is 15.7. The fourth-order valence-electron chi connectivity index (χ4n) is 1.33. The molecule has 1 aromatic rings. The first-order chi connectivity index (χ1) is 9.54. The molecule has 0 saturated carbocycles. The van der Waals surface area contributed by atoms with Gasteiger partial charge in [-0.3, -0.25) is 9.59 Å². The number of hydrogen-bond acceptors (Lipinski definition) is 5. The Kier molecular flexibility index (Phi) is 6.24. The molecular formula is C12H16N2O6. The highest BCUT2D eigenvalue weighted by Crippen LogP contribution is 2.07. The van der Waals surface area contributed by atoms with E-state index in [4.69, 9.17) is 14.3 Å². The predicted molar refractivity (Wildman–Crippen MR) is 67.5 cm³/mol. The van der Waals surface area contributed by atoms with Gasteiger partial charge in [0.05, 0.1) is 6.61 Å². The number of ether oxygens (including phenoxy) is 1. The Hall–Kier alpha value is -2.35. The van der Waals surface area contributed by atoms with Gasteiger partial charge in [-0.05, 0) is 12.1 Å². The van der Waals surface area contributed by atoms with Gasteiger partial charge in [0, 0.05) is 26.6 Å². The topological polar surface area (TPSA) is 118 Å². The van der Waals surface area contributed by atoms with Gasteiger partial charge in [0.15, 0.2) is 5.76 Å². The predicted octanol–water partition coefficient (Wildman–Crippen LogP) is -0.140. The van der Waals surface area contributed by atoms with Gasteiger partial charge in [-0.2, -0.15) is 0 Å². The van der Waals surface area contributed by atoms with E-state index in [0.29, 0.717) is 13.2 Å². The highest BCUT2D eigenvalue weighted by molar-refractivity contribution is 5.93. The SMILES string of the molecule is COCCNC(=O)CCNC(=O)c1ccc(C(=O)O)o1. The molecule has 110 valence electrons. The van der Waals surface area contributed by atoms with Crippen LogP contribution < -0.4 is 10.6 Å². The third-order valence-electron chi connectivity index (χ3n) is 2.31. The number of rotatable bonds is 8. The number of nitrogens with one attached hydrogen (secondary N) is 2. The van der Waals surface area contributed by atoms with Crippen molar-refractivity contribution < 1.29 is 28.6 Å². The molecule has 20 heavy (non-hydrogen) atoms. The molecule has 0 aliphatic rings. The molecule has 0 bridgehead atoms. The lowest BCUT2D eigenvalue weighted by molar-refractivity contribution is -0.121. The van der Waals surface area contributed by atoms with Crippen molar-refractivity contribution in [1.82, 2.24) is 10.6 Å². The summed E-state index contributed by atoms with van der Waals surface area (Å²) in [6, 6.07) is 2.45. The number of carboxylic acid groups (broad SMARTS) is 1. The zero-order valence-electron chi connectivity index (χ0n) is 11.0. The minimum atomic E-state index is -1.25. The molecule has 2 amide bonds. The van der Waals surface area contributed by atoms with Crippen molar-refractivity contribution in [2.24, 2.45) is 0 Å². The van der Waals surface area contributed by atoms with Crippen LogP contribution in [-0.4, -0.2) is 49.7 Å². The number of carbonyl (C=O) groups excluding carboxylic acids is 2. The maximum Gasteiger partial charge on any atom is 0.371 e. The van der Waals surface area contributed by atoms with Gasteiger partial charge >= 0.3 is 5.97 Å². The zero-order chi connectivity index (χ0) is 15.0. The number of hydrogen-bond donors (Lipinski definition) is 3. The van der Waals surface area contributed by atoms with Gasteiger partial charge in [-0.15, -0.1) is 0 Å². The van der Waals surface area contributed by atoms with Crippen LogP contribution in [0.4, 0.5) is 0 Å². The number of amides is 2. The standard InChI is InChI=1S/C12H16N2O6/c1-19-7-6-13-10(15)4-5-14-11(16)8-2-3-9(20-8)12(17)18/h2-3H,4-7H2,1H3,(H,13,15)(H,14,16)(H,17,18). The Labute approximate surface area is 115 Å². The third kappa shape index (κ3) is 5.11. The number of carboxylic acids is 1. The molecular weight excluding hydrogens is 268 g/mol. The van der Waals surface area contributed by atoms with Gasteiger partial charge in [0.1, 0.15) is 0 Å². The van der Waals surface area contributed by atoms with E-state index in [1.54, 1.807) is 0 Å². The van der Waals surface area contributed by atoms with Crippen molar-refractivity contribution >= 4 is 17.8 Å². The van der Waals surface area contributed by atoms with E-state index in [1.165, 1.54) is 19.2 Å². The van der Waals surface area contributed by atoms with E-state index in [2.05, 4.69) is 10.6 Å². The second kappa shape index (κ2) is 7.95. The van der Waals surface area contributed by atoms with Gasteiger partial charge in [-0.25, -0.2) is 4.79 Å². The Morgan fingerprint density at radius 1 is 1.20 bits per heavy atom. The summed E-state index contributed by atoms with van der Waals surface area (Å²) in [7, 11) is 1.53. The van der Waals surface area contributed by atoms with Crippen LogP contribution >= 0.6 is 0 Å². The highest BCUT2D eigenvalue weighted by Gasteiger charge is 2.14. The molecule has 0 spiro atoms. The van der Waals surface area contributed by atoms with Crippen molar-refractivity contribution in [3.63, 3.8) is 0 Å². The van der Waals surface area contributed by atoms with Gasteiger partial charge in [0.25, 0.3) is 5.91 Å². The molecule has 0 radical (unpaired) electrons. The molecule has 0 fully saturated rings. The summed E-state index contributed by atoms with van der Waals surface area (Å²) in [5.41, 5.74) is 0. The molecule has 0 aliphatic carbocycles. The fraction of sp³-hybridized carbons (Fsp3) is 0.417. The molecule has 0 aromatic carbocycles. The number of methoxy groups -OCH3 is 1. The monoisotopic (exact) mass is 284 g/mol. The molecule has 8 nitrogen and oxygen atoms in total. The van der Waals surface area contributed by atoms with Gasteiger partial charge in [-0.1, -0.05) is 0 Å². The quantitative estimate of drug-likeness (QED) is 0.572. The number of furan rings is 1. The lowest BCUT2D eigenvalue weighted by atomic mass is 10.3. The normalized spacial score (nSPS) is 10.1. The van der Waals surface area contributed by atoms with Crippen LogP contribution in [0.15, 0.2) is 16.5 Å². The minimum absolute atomic E-state index is 0.109. The summed E-state index contributed by atoms with van der Waals surface area (Å²) >= 11 is 0. The summed E-state index contributed by atoms with van der Waals surface area (Å²) in [6.07, 6.45) is 0.113. The maximum atomic E-state index is 11.6. The zero-order valence-corrected chi connectivity index (χ0v) is 11.0. The average molecular weight is 284 g/mol. The second-order valence-corrected chi connectivity index (χ2v) is 3.82. The maximum absolute atomic E-state index is 11.6. The summed E-state index contributed by atoms with van der Waals surface area (Å²) in [5.74, 6) is -2.45. The van der Waals surface area contributed by atoms with E-state index in [9.17, 15) is 14.4 Å². The van der Waals surface area contributed by atoms with Crippen LogP contribution in [0.3, 0.4) is 0 Å². The molecule has 1 aromatic heterocycles. The lowest BCUT2D eigenvalue weighted by Gasteiger charge is -2.05. The number of carbonyl (C=O) groups is 3. The lowest BCUT2D eigenvalue weighted by Crippen LogP contribution is -2.32. The summed E-state index contributed by atoms with van der Waals surface area (Å²) in [5, 5.41) is 13.7. The summed E-state index contributed by atoms with van der Waals surface area (Å²) in [6.45, 7) is 0.951. The van der Waals surface area contributed by atoms with Crippen molar-refractivity contribution in [3.8, 4) is 0 Å². The van der Waals surface area contributed by atoms with Gasteiger partial charge < -0.3 is 24.9 Å². The molecule has 1 heterocycles. The van der Waals surface area contributed by atoms with Crippen molar-refractivity contribution in [3.05, 3.63) is 23.7 Å². The van der Waals surface area contributed by atoms with Crippen LogP contribution in [0.2, 0.25) is 0 Å². The van der Waals surface area contributed by atoms with E-state index in [-0.39, 0.29) is 30.4 Å². The van der Waals surface area contributed by atoms with Crippen LogP contribution in [0.5, 0.6) is 0 Å². The molecule has 8 heteroatoms. The van der Waals surface area contributed by atoms with Crippen LogP contribution in [0.1, 0.15) is 27.5 Å². The smallest absolute Gasteiger partial charge is 0.371 e. The molecule has 3 N–H and O–H groups in total. The average Bonchev–Trinajstić information content (AvgIpc) is 2.88. The molecule has 1 rings (SSSR count). The molecule has 0 unspecified atom stereocenters. The van der Waals surface area contributed by atoms with Crippen LogP contribution in [-0.2, 0) is 9.53 Å². The third-order valence-corrected chi connectivity index (χ3v) is 2.31. The molecule has 0 aliphatic heterocycles. The van der Waals surface area contributed by atoms with E-state index >= 15 is 0 Å². The Bertz CT molecular complexity index is 482. The molecule has 0 saturated heterocycles. The highest BCUT2D eigenvalue weighted by atomic mass is 16.5. The van der Waals surface area contributed by atoms with E-state index in [0.717, 1.165) is 0 Å². The van der Waals surface area contributed by atoms with E-state index < -0.39 is 11.9 Å². The van der Waals surface area contributed by atoms with Crippen molar-refractivity contribution in [1.29, 1.82) is 0 Å². The first-order valence-corrected chi connectivity index (χ1v) is 5.91. The van der Waals surface area contributed by atoms with Crippen molar-refractivity contribution in [2.45, 2.75) is 6.42 Å². The Morgan fingerprint density at radius 3 is 2.50 bits per heavy atom. The summed E-state index contributed by atoms with van der Waals surface area (Å²) < 4.78 is 9.58. The van der Waals surface area contributed by atoms with E-state index in [1.807, 2.05) is 0 Å². The Balaban J connectivity index is 2.29. The largest absolute Gasteiger partial charge is 0.475 e. The van der Waals surface area contributed by atoms with Crippen LogP contribution in [0, 0.1) is 0 Å². The van der Waals surface area contributed by atoms with Crippen LogP contribution in [0.25, 0.3) is 0 Å². The minimum Gasteiger partial charge on any atom is -0.475 e. The Morgan fingerprint density at radius 2 is 1.90 bits per heavy atom. The molecule has 0 atom stereocenters.